The van der Waals surface area contributed by atoms with Crippen LogP contribution < -0.4 is 10.1 Å². The monoisotopic (exact) mass is 444 g/mol. The summed E-state index contributed by atoms with van der Waals surface area (Å²) in [4.78, 5) is 12.5. The van der Waals surface area contributed by atoms with E-state index in [1.165, 1.54) is 10.4 Å². The van der Waals surface area contributed by atoms with Crippen molar-refractivity contribution in [3.8, 4) is 5.75 Å². The largest absolute Gasteiger partial charge is 0.494 e. The van der Waals surface area contributed by atoms with E-state index in [0.29, 0.717) is 44.2 Å². The third kappa shape index (κ3) is 6.40. The fourth-order valence-corrected chi connectivity index (χ4v) is 4.43. The van der Waals surface area contributed by atoms with E-state index in [-0.39, 0.29) is 10.7 Å². The second kappa shape index (κ2) is 11.1. The van der Waals surface area contributed by atoms with Gasteiger partial charge in [-0.1, -0.05) is 13.3 Å². The molecule has 1 aliphatic heterocycles. The lowest BCUT2D eigenvalue weighted by atomic mass is 10.1. The van der Waals surface area contributed by atoms with Gasteiger partial charge in [0.05, 0.1) is 24.7 Å². The van der Waals surface area contributed by atoms with E-state index in [4.69, 9.17) is 9.47 Å². The zero-order valence-electron chi connectivity index (χ0n) is 17.6. The van der Waals surface area contributed by atoms with Crippen molar-refractivity contribution in [2.45, 2.75) is 24.7 Å². The highest BCUT2D eigenvalue weighted by Gasteiger charge is 2.25. The maximum atomic E-state index is 12.6. The predicted molar refractivity (Wildman–Crippen MR) is 120 cm³/mol. The second-order valence-electron chi connectivity index (χ2n) is 7.11. The maximum Gasteiger partial charge on any atom is 0.243 e. The summed E-state index contributed by atoms with van der Waals surface area (Å²) >= 11 is 0. The number of nitrogens with zero attached hydrogens (tertiary/aromatic N) is 1. The van der Waals surface area contributed by atoms with Gasteiger partial charge in [-0.05, 0) is 55.0 Å². The molecule has 8 heteroatoms. The van der Waals surface area contributed by atoms with Crippen molar-refractivity contribution in [3.05, 3.63) is 66.4 Å². The Bertz CT molecular complexity index is 980. The quantitative estimate of drug-likeness (QED) is 0.342. The molecule has 0 spiro atoms. The Morgan fingerprint density at radius 1 is 1.10 bits per heavy atom. The van der Waals surface area contributed by atoms with Gasteiger partial charge in [-0.15, -0.1) is 0 Å². The molecule has 0 atom stereocenters. The average Bonchev–Trinajstić information content (AvgIpc) is 2.80. The lowest BCUT2D eigenvalue weighted by Crippen LogP contribution is -2.40. The van der Waals surface area contributed by atoms with E-state index in [2.05, 4.69) is 12.2 Å². The van der Waals surface area contributed by atoms with Crippen LogP contribution in [0.1, 0.15) is 30.1 Å². The van der Waals surface area contributed by atoms with Crippen molar-refractivity contribution in [1.82, 2.24) is 4.31 Å². The highest BCUT2D eigenvalue weighted by molar-refractivity contribution is 7.89. The molecule has 7 nitrogen and oxygen atoms in total. The number of anilines is 1. The first kappa shape index (κ1) is 23.0. The molecule has 0 unspecified atom stereocenters. The number of ether oxygens (including phenoxy) is 2. The first-order valence-electron chi connectivity index (χ1n) is 10.4. The second-order valence-corrected chi connectivity index (χ2v) is 9.05. The van der Waals surface area contributed by atoms with Gasteiger partial charge in [0.25, 0.3) is 0 Å². The van der Waals surface area contributed by atoms with Gasteiger partial charge in [0, 0.05) is 36.6 Å². The number of allylic oxidation sites excluding steroid dienone is 1. The SMILES string of the molecule is CCCCOc1ccc(C(=O)/C=C/Nc2ccc(S(=O)(=O)N3CCOCC3)cc2)cc1. The molecule has 0 bridgehead atoms. The Hall–Kier alpha value is -2.68. The van der Waals surface area contributed by atoms with Crippen LogP contribution in [-0.2, 0) is 14.8 Å². The van der Waals surface area contributed by atoms with Crippen LogP contribution in [-0.4, -0.2) is 51.4 Å². The number of hydrogen-bond donors (Lipinski definition) is 1. The molecule has 3 rings (SSSR count). The average molecular weight is 445 g/mol. The molecule has 1 saturated heterocycles. The molecular formula is C23H28N2O5S. The molecule has 1 N–H and O–H groups in total. The molecule has 0 amide bonds. The van der Waals surface area contributed by atoms with Gasteiger partial charge in [-0.2, -0.15) is 4.31 Å². The third-order valence-corrected chi connectivity index (χ3v) is 6.77. The lowest BCUT2D eigenvalue weighted by Gasteiger charge is -2.26. The van der Waals surface area contributed by atoms with Gasteiger partial charge < -0.3 is 14.8 Å². The van der Waals surface area contributed by atoms with Gasteiger partial charge >= 0.3 is 0 Å². The molecular weight excluding hydrogens is 416 g/mol. The van der Waals surface area contributed by atoms with Crippen LogP contribution in [0, 0.1) is 0 Å². The lowest BCUT2D eigenvalue weighted by molar-refractivity contribution is 0.0730. The topological polar surface area (TPSA) is 84.9 Å². The fraction of sp³-hybridized carbons (Fsp3) is 0.348. The van der Waals surface area contributed by atoms with Crippen LogP contribution in [0.3, 0.4) is 0 Å². The summed E-state index contributed by atoms with van der Waals surface area (Å²) in [6, 6.07) is 13.5. The number of carbonyl (C=O) groups is 1. The standard InChI is InChI=1S/C23H28N2O5S/c1-2-3-16-30-21-8-4-19(5-9-21)23(26)12-13-24-20-6-10-22(11-7-20)31(27,28)25-14-17-29-18-15-25/h4-13,24H,2-3,14-18H2,1H3/b13-12+. The highest BCUT2D eigenvalue weighted by Crippen LogP contribution is 2.19. The van der Waals surface area contributed by atoms with Crippen LogP contribution in [0.4, 0.5) is 5.69 Å². The van der Waals surface area contributed by atoms with Gasteiger partial charge in [0.15, 0.2) is 5.78 Å². The molecule has 1 heterocycles. The van der Waals surface area contributed by atoms with E-state index >= 15 is 0 Å². The Kier molecular flexibility index (Phi) is 8.22. The Morgan fingerprint density at radius 3 is 2.42 bits per heavy atom. The zero-order chi connectivity index (χ0) is 22.1. The third-order valence-electron chi connectivity index (χ3n) is 4.85. The van der Waals surface area contributed by atoms with E-state index < -0.39 is 10.0 Å². The molecule has 1 fully saturated rings. The number of sulfonamides is 1. The number of nitrogens with one attached hydrogen (secondary N) is 1. The van der Waals surface area contributed by atoms with E-state index in [0.717, 1.165) is 18.6 Å². The van der Waals surface area contributed by atoms with Gasteiger partial charge in [0.1, 0.15) is 5.75 Å². The number of unbranched alkanes of at least 4 members (excludes halogenated alkanes) is 1. The highest BCUT2D eigenvalue weighted by atomic mass is 32.2. The van der Waals surface area contributed by atoms with E-state index in [1.54, 1.807) is 54.7 Å². The smallest absolute Gasteiger partial charge is 0.243 e. The van der Waals surface area contributed by atoms with Gasteiger partial charge in [-0.25, -0.2) is 8.42 Å². The first-order valence-corrected chi connectivity index (χ1v) is 11.8. The fourth-order valence-electron chi connectivity index (χ4n) is 3.02. The normalized spacial score (nSPS) is 15.1. The molecule has 31 heavy (non-hydrogen) atoms. The summed E-state index contributed by atoms with van der Waals surface area (Å²) in [5, 5.41) is 2.99. The number of ketones is 1. The molecule has 1 aliphatic rings. The minimum atomic E-state index is -3.52. The van der Waals surface area contributed by atoms with Crippen molar-refractivity contribution >= 4 is 21.5 Å². The van der Waals surface area contributed by atoms with Crippen LogP contribution in [0.5, 0.6) is 5.75 Å². The summed E-state index contributed by atoms with van der Waals surface area (Å²) in [5.74, 6) is 0.610. The first-order chi connectivity index (χ1) is 15.0. The molecule has 2 aromatic rings. The van der Waals surface area contributed by atoms with Crippen LogP contribution >= 0.6 is 0 Å². The maximum absolute atomic E-state index is 12.6. The minimum Gasteiger partial charge on any atom is -0.494 e. The van der Waals surface area contributed by atoms with Crippen LogP contribution in [0.2, 0.25) is 0 Å². The molecule has 166 valence electrons. The zero-order valence-corrected chi connectivity index (χ0v) is 18.4. The van der Waals surface area contributed by atoms with Crippen LogP contribution in [0.15, 0.2) is 65.7 Å². The Balaban J connectivity index is 1.54. The number of morpholine rings is 1. The molecule has 2 aromatic carbocycles. The van der Waals surface area contributed by atoms with Gasteiger partial charge in [0.2, 0.25) is 10.0 Å². The number of carbonyl (C=O) groups excluding carboxylic acids is 1. The van der Waals surface area contributed by atoms with Crippen molar-refractivity contribution in [3.63, 3.8) is 0 Å². The van der Waals surface area contributed by atoms with E-state index in [1.807, 2.05) is 0 Å². The summed E-state index contributed by atoms with van der Waals surface area (Å²) in [7, 11) is -3.52. The summed E-state index contributed by atoms with van der Waals surface area (Å²) in [6.07, 6.45) is 5.04. The van der Waals surface area contributed by atoms with Crippen molar-refractivity contribution in [2.75, 3.05) is 38.2 Å². The van der Waals surface area contributed by atoms with Crippen molar-refractivity contribution in [2.24, 2.45) is 0 Å². The Labute approximate surface area is 183 Å². The van der Waals surface area contributed by atoms with E-state index in [9.17, 15) is 13.2 Å². The molecule has 0 aromatic heterocycles. The Morgan fingerprint density at radius 2 is 1.77 bits per heavy atom. The van der Waals surface area contributed by atoms with Crippen molar-refractivity contribution < 1.29 is 22.7 Å². The molecule has 0 radical (unpaired) electrons. The van der Waals surface area contributed by atoms with Crippen LogP contribution in [0.25, 0.3) is 0 Å². The number of hydrogen-bond acceptors (Lipinski definition) is 6. The molecule has 0 saturated carbocycles. The van der Waals surface area contributed by atoms with Gasteiger partial charge in [-0.3, -0.25) is 4.79 Å². The number of rotatable bonds is 10. The summed E-state index contributed by atoms with van der Waals surface area (Å²) in [6.45, 7) is 4.31. The molecule has 0 aliphatic carbocycles. The summed E-state index contributed by atoms with van der Waals surface area (Å²) < 4.78 is 37.5. The summed E-state index contributed by atoms with van der Waals surface area (Å²) in [5.41, 5.74) is 1.25. The predicted octanol–water partition coefficient (Wildman–Crippen LogP) is 3.69. The van der Waals surface area contributed by atoms with Crippen molar-refractivity contribution in [1.29, 1.82) is 0 Å². The minimum absolute atomic E-state index is 0.140. The number of benzene rings is 2.